The van der Waals surface area contributed by atoms with Crippen LogP contribution in [0, 0.1) is 24.2 Å². The van der Waals surface area contributed by atoms with E-state index < -0.39 is 6.10 Å². The molecule has 0 radical (unpaired) electrons. The average Bonchev–Trinajstić information content (AvgIpc) is 2.39. The molecule has 0 aromatic carbocycles. The Balaban J connectivity index is 3.75. The highest BCUT2D eigenvalue weighted by Gasteiger charge is 1.98. The lowest BCUT2D eigenvalue weighted by Gasteiger charge is -1.99. The topological polar surface area (TPSA) is 58.6 Å². The van der Waals surface area contributed by atoms with Crippen LogP contribution in [0.3, 0.4) is 0 Å². The number of carbonyl (C=O) groups is 1. The van der Waals surface area contributed by atoms with E-state index in [-0.39, 0.29) is 12.4 Å². The molecule has 0 fully saturated rings. The van der Waals surface area contributed by atoms with E-state index in [2.05, 4.69) is 28.1 Å². The Morgan fingerprint density at radius 3 is 3.00 bits per heavy atom. The smallest absolute Gasteiger partial charge is 0.325 e. The molecule has 0 aromatic rings. The van der Waals surface area contributed by atoms with E-state index >= 15 is 0 Å². The molecule has 0 bridgehead atoms. The SMILES string of the molecule is C#CCC(O)C=CC=CC#CCCC(=O)ONCC. The molecule has 0 rings (SSSR count). The van der Waals surface area contributed by atoms with Gasteiger partial charge in [-0.3, -0.25) is 4.79 Å². The summed E-state index contributed by atoms with van der Waals surface area (Å²) >= 11 is 0. The largest absolute Gasteiger partial charge is 0.388 e. The Kier molecular flexibility index (Phi) is 11.1. The number of hydrogen-bond donors (Lipinski definition) is 2. The van der Waals surface area contributed by atoms with Crippen molar-refractivity contribution < 1.29 is 14.7 Å². The van der Waals surface area contributed by atoms with E-state index in [0.717, 1.165) is 0 Å². The molecule has 102 valence electrons. The van der Waals surface area contributed by atoms with Crippen molar-refractivity contribution >= 4 is 5.97 Å². The van der Waals surface area contributed by atoms with Gasteiger partial charge in [0, 0.05) is 19.4 Å². The molecule has 0 aliphatic heterocycles. The highest BCUT2D eigenvalue weighted by atomic mass is 16.7. The van der Waals surface area contributed by atoms with Gasteiger partial charge in [0.2, 0.25) is 0 Å². The van der Waals surface area contributed by atoms with E-state index in [4.69, 9.17) is 6.42 Å². The number of allylic oxidation sites excluding steroid dienone is 3. The van der Waals surface area contributed by atoms with Crippen LogP contribution >= 0.6 is 0 Å². The zero-order valence-electron chi connectivity index (χ0n) is 11.1. The highest BCUT2D eigenvalue weighted by molar-refractivity contribution is 5.69. The van der Waals surface area contributed by atoms with Gasteiger partial charge in [0.1, 0.15) is 0 Å². The minimum absolute atomic E-state index is 0.255. The van der Waals surface area contributed by atoms with E-state index in [1.165, 1.54) is 0 Å². The predicted molar refractivity (Wildman–Crippen MR) is 74.5 cm³/mol. The summed E-state index contributed by atoms with van der Waals surface area (Å²) in [4.78, 5) is 15.7. The lowest BCUT2D eigenvalue weighted by molar-refractivity contribution is -0.150. The first-order valence-corrected chi connectivity index (χ1v) is 6.06. The first kappa shape index (κ1) is 17.0. The zero-order valence-corrected chi connectivity index (χ0v) is 11.1. The number of carbonyl (C=O) groups excluding carboxylic acids is 1. The number of rotatable bonds is 7. The van der Waals surface area contributed by atoms with Gasteiger partial charge in [-0.05, 0) is 13.0 Å². The van der Waals surface area contributed by atoms with Crippen molar-refractivity contribution in [3.05, 3.63) is 24.3 Å². The second-order valence-electron chi connectivity index (χ2n) is 3.51. The van der Waals surface area contributed by atoms with Gasteiger partial charge in [0.15, 0.2) is 0 Å². The van der Waals surface area contributed by atoms with Crippen molar-refractivity contribution in [1.29, 1.82) is 0 Å². The normalized spacial score (nSPS) is 11.8. The number of hydroxylamine groups is 1. The lowest BCUT2D eigenvalue weighted by Crippen LogP contribution is -2.18. The van der Waals surface area contributed by atoms with Gasteiger partial charge >= 0.3 is 5.97 Å². The van der Waals surface area contributed by atoms with Crippen molar-refractivity contribution in [2.45, 2.75) is 32.3 Å². The number of aliphatic hydroxyl groups excluding tert-OH is 1. The maximum atomic E-state index is 11.0. The van der Waals surface area contributed by atoms with E-state index in [1.54, 1.807) is 24.3 Å². The van der Waals surface area contributed by atoms with Crippen molar-refractivity contribution in [1.82, 2.24) is 5.48 Å². The van der Waals surface area contributed by atoms with Crippen LogP contribution in [0.5, 0.6) is 0 Å². The van der Waals surface area contributed by atoms with Crippen LogP contribution in [0.4, 0.5) is 0 Å². The summed E-state index contributed by atoms with van der Waals surface area (Å²) in [5, 5.41) is 9.27. The summed E-state index contributed by atoms with van der Waals surface area (Å²) in [6.07, 6.45) is 12.0. The van der Waals surface area contributed by atoms with Crippen LogP contribution in [-0.4, -0.2) is 23.7 Å². The van der Waals surface area contributed by atoms with Gasteiger partial charge in [-0.2, -0.15) is 5.48 Å². The second-order valence-corrected chi connectivity index (χ2v) is 3.51. The second kappa shape index (κ2) is 12.4. The molecule has 0 spiro atoms. The van der Waals surface area contributed by atoms with Crippen LogP contribution in [0.2, 0.25) is 0 Å². The van der Waals surface area contributed by atoms with Crippen LogP contribution < -0.4 is 5.48 Å². The fourth-order valence-corrected chi connectivity index (χ4v) is 0.984. The number of hydrogen-bond acceptors (Lipinski definition) is 4. The minimum atomic E-state index is -0.622. The van der Waals surface area contributed by atoms with Gasteiger partial charge in [0.05, 0.1) is 12.5 Å². The number of aliphatic hydroxyl groups is 1. The summed E-state index contributed by atoms with van der Waals surface area (Å²) in [7, 11) is 0. The van der Waals surface area contributed by atoms with Crippen molar-refractivity contribution in [3.8, 4) is 24.2 Å². The molecule has 0 saturated carbocycles. The highest BCUT2D eigenvalue weighted by Crippen LogP contribution is 1.92. The monoisotopic (exact) mass is 261 g/mol. The van der Waals surface area contributed by atoms with E-state index in [9.17, 15) is 9.90 Å². The van der Waals surface area contributed by atoms with Gasteiger partial charge in [-0.25, -0.2) is 0 Å². The van der Waals surface area contributed by atoms with E-state index in [0.29, 0.717) is 19.4 Å². The Bertz CT molecular complexity index is 407. The van der Waals surface area contributed by atoms with Crippen LogP contribution in [-0.2, 0) is 9.63 Å². The third-order valence-electron chi connectivity index (χ3n) is 1.84. The molecule has 0 aliphatic rings. The molecule has 0 aromatic heterocycles. The zero-order chi connectivity index (χ0) is 14.3. The van der Waals surface area contributed by atoms with E-state index in [1.807, 2.05) is 6.92 Å². The quantitative estimate of drug-likeness (QED) is 0.412. The molecule has 1 unspecified atom stereocenters. The van der Waals surface area contributed by atoms with Crippen LogP contribution in [0.25, 0.3) is 0 Å². The Hall–Kier alpha value is -2.01. The molecule has 0 aliphatic carbocycles. The van der Waals surface area contributed by atoms with Crippen molar-refractivity contribution in [2.75, 3.05) is 6.54 Å². The molecule has 4 heteroatoms. The Morgan fingerprint density at radius 1 is 1.53 bits per heavy atom. The van der Waals surface area contributed by atoms with Gasteiger partial charge < -0.3 is 9.94 Å². The van der Waals surface area contributed by atoms with Crippen LogP contribution in [0.15, 0.2) is 24.3 Å². The molecule has 4 nitrogen and oxygen atoms in total. The molecular formula is C15H19NO3. The molecule has 2 N–H and O–H groups in total. The average molecular weight is 261 g/mol. The molecular weight excluding hydrogens is 242 g/mol. The third kappa shape index (κ3) is 12.2. The predicted octanol–water partition coefficient (Wildman–Crippen LogP) is 1.33. The van der Waals surface area contributed by atoms with Gasteiger partial charge in [-0.15, -0.1) is 12.3 Å². The molecule has 1 atom stereocenters. The first-order valence-electron chi connectivity index (χ1n) is 6.06. The molecule has 0 amide bonds. The summed E-state index contributed by atoms with van der Waals surface area (Å²) in [5.41, 5.74) is 2.48. The summed E-state index contributed by atoms with van der Waals surface area (Å²) in [5.74, 6) is 7.62. The number of terminal acetylenes is 1. The molecule has 0 saturated heterocycles. The summed E-state index contributed by atoms with van der Waals surface area (Å²) in [6, 6.07) is 0. The third-order valence-corrected chi connectivity index (χ3v) is 1.84. The minimum Gasteiger partial charge on any atom is -0.388 e. The Labute approximate surface area is 114 Å². The molecule has 19 heavy (non-hydrogen) atoms. The molecule has 0 heterocycles. The van der Waals surface area contributed by atoms with Gasteiger partial charge in [0.25, 0.3) is 0 Å². The van der Waals surface area contributed by atoms with Gasteiger partial charge in [-0.1, -0.05) is 30.1 Å². The first-order chi connectivity index (χ1) is 9.20. The van der Waals surface area contributed by atoms with Crippen molar-refractivity contribution in [2.24, 2.45) is 0 Å². The standard InChI is InChI=1S/C15H19NO3/c1-3-11-14(17)12-9-7-5-6-8-10-13-15(18)19-16-4-2/h1,5,7,9,12,14,16-17H,4,10-11,13H2,2H3. The fraction of sp³-hybridized carbons (Fsp3) is 0.400. The van der Waals surface area contributed by atoms with Crippen LogP contribution in [0.1, 0.15) is 26.2 Å². The summed E-state index contributed by atoms with van der Waals surface area (Å²) in [6.45, 7) is 2.42. The Morgan fingerprint density at radius 2 is 2.32 bits per heavy atom. The number of nitrogens with one attached hydrogen (secondary N) is 1. The maximum absolute atomic E-state index is 11.0. The van der Waals surface area contributed by atoms with Crippen molar-refractivity contribution in [3.63, 3.8) is 0 Å². The summed E-state index contributed by atoms with van der Waals surface area (Å²) < 4.78 is 0. The maximum Gasteiger partial charge on any atom is 0.325 e. The lowest BCUT2D eigenvalue weighted by atomic mass is 10.2. The fourth-order valence-electron chi connectivity index (χ4n) is 0.984.